The zero-order valence-electron chi connectivity index (χ0n) is 11.3. The van der Waals surface area contributed by atoms with Crippen LogP contribution in [0.1, 0.15) is 40.0 Å². The molecule has 0 bridgehead atoms. The first-order valence-corrected chi connectivity index (χ1v) is 6.61. The first-order valence-electron chi connectivity index (χ1n) is 6.61. The maximum Gasteiger partial charge on any atom is 0.326 e. The highest BCUT2D eigenvalue weighted by Gasteiger charge is 2.48. The van der Waals surface area contributed by atoms with Crippen molar-refractivity contribution >= 4 is 5.97 Å². The van der Waals surface area contributed by atoms with E-state index in [1.807, 2.05) is 6.92 Å². The summed E-state index contributed by atoms with van der Waals surface area (Å²) in [4.78, 5) is 12.3. The van der Waals surface area contributed by atoms with E-state index in [1.54, 1.807) is 6.08 Å². The standard InChI is InChI=1S/C14H25NO2/c1-5-10-15-14(13(16)17-6-2)9-7-8-11(3)12(14)4/h5,11-12,15H,1,6-10H2,2-4H3. The Kier molecular flexibility index (Phi) is 5.19. The molecule has 1 saturated carbocycles. The summed E-state index contributed by atoms with van der Waals surface area (Å²) in [6, 6.07) is 0. The van der Waals surface area contributed by atoms with E-state index < -0.39 is 5.54 Å². The Labute approximate surface area is 105 Å². The minimum Gasteiger partial charge on any atom is -0.465 e. The van der Waals surface area contributed by atoms with Crippen molar-refractivity contribution in [2.75, 3.05) is 13.2 Å². The van der Waals surface area contributed by atoms with Gasteiger partial charge in [-0.15, -0.1) is 6.58 Å². The number of hydrogen-bond donors (Lipinski definition) is 1. The normalized spacial score (nSPS) is 33.1. The molecule has 0 aliphatic heterocycles. The minimum absolute atomic E-state index is 0.0964. The van der Waals surface area contributed by atoms with Gasteiger partial charge < -0.3 is 4.74 Å². The summed E-state index contributed by atoms with van der Waals surface area (Å²) in [6.07, 6.45) is 4.94. The Morgan fingerprint density at radius 2 is 2.29 bits per heavy atom. The SMILES string of the molecule is C=CCNC1(C(=O)OCC)CCCC(C)C1C. The lowest BCUT2D eigenvalue weighted by Crippen LogP contribution is -2.60. The van der Waals surface area contributed by atoms with Gasteiger partial charge >= 0.3 is 5.97 Å². The lowest BCUT2D eigenvalue weighted by atomic mass is 9.68. The number of hydrogen-bond acceptors (Lipinski definition) is 3. The van der Waals surface area contributed by atoms with Crippen molar-refractivity contribution < 1.29 is 9.53 Å². The third-order valence-corrected chi connectivity index (χ3v) is 4.06. The number of nitrogens with one attached hydrogen (secondary N) is 1. The Morgan fingerprint density at radius 1 is 1.59 bits per heavy atom. The number of carbonyl (C=O) groups excluding carboxylic acids is 1. The average Bonchev–Trinajstić information content (AvgIpc) is 2.31. The third-order valence-electron chi connectivity index (χ3n) is 4.06. The van der Waals surface area contributed by atoms with Gasteiger partial charge in [-0.1, -0.05) is 32.8 Å². The summed E-state index contributed by atoms with van der Waals surface area (Å²) >= 11 is 0. The van der Waals surface area contributed by atoms with E-state index >= 15 is 0 Å². The summed E-state index contributed by atoms with van der Waals surface area (Å²) < 4.78 is 5.26. The van der Waals surface area contributed by atoms with Crippen LogP contribution in [0.2, 0.25) is 0 Å². The monoisotopic (exact) mass is 239 g/mol. The van der Waals surface area contributed by atoms with E-state index in [0.29, 0.717) is 25.0 Å². The van der Waals surface area contributed by atoms with Crippen molar-refractivity contribution in [1.29, 1.82) is 0 Å². The van der Waals surface area contributed by atoms with Crippen LogP contribution in [0.25, 0.3) is 0 Å². The predicted molar refractivity (Wildman–Crippen MR) is 69.7 cm³/mol. The van der Waals surface area contributed by atoms with E-state index in [2.05, 4.69) is 25.7 Å². The molecule has 0 heterocycles. The van der Waals surface area contributed by atoms with E-state index in [-0.39, 0.29) is 5.97 Å². The Morgan fingerprint density at radius 3 is 2.88 bits per heavy atom. The summed E-state index contributed by atoms with van der Waals surface area (Å²) in [5, 5.41) is 3.36. The van der Waals surface area contributed by atoms with E-state index in [0.717, 1.165) is 12.8 Å². The van der Waals surface area contributed by atoms with Gasteiger partial charge in [0, 0.05) is 6.54 Å². The summed E-state index contributed by atoms with van der Waals surface area (Å²) in [6.45, 7) is 11.0. The molecule has 0 saturated heterocycles. The van der Waals surface area contributed by atoms with Crippen LogP contribution in [0.3, 0.4) is 0 Å². The molecule has 1 rings (SSSR count). The molecular weight excluding hydrogens is 214 g/mol. The number of rotatable bonds is 5. The fourth-order valence-electron chi connectivity index (χ4n) is 2.79. The highest BCUT2D eigenvalue weighted by atomic mass is 16.5. The molecule has 0 aromatic heterocycles. The second kappa shape index (κ2) is 6.20. The zero-order valence-corrected chi connectivity index (χ0v) is 11.3. The maximum absolute atomic E-state index is 12.3. The van der Waals surface area contributed by atoms with Gasteiger partial charge in [-0.2, -0.15) is 0 Å². The summed E-state index contributed by atoms with van der Waals surface area (Å²) in [7, 11) is 0. The lowest BCUT2D eigenvalue weighted by Gasteiger charge is -2.44. The molecule has 1 N–H and O–H groups in total. The molecule has 3 unspecified atom stereocenters. The van der Waals surface area contributed by atoms with Gasteiger partial charge in [-0.05, 0) is 25.2 Å². The Hall–Kier alpha value is -0.830. The molecule has 0 radical (unpaired) electrons. The van der Waals surface area contributed by atoms with Crippen LogP contribution in [0.15, 0.2) is 12.7 Å². The van der Waals surface area contributed by atoms with Crippen molar-refractivity contribution in [2.45, 2.75) is 45.6 Å². The fourth-order valence-corrected chi connectivity index (χ4v) is 2.79. The first kappa shape index (κ1) is 14.2. The predicted octanol–water partition coefficient (Wildman–Crippen LogP) is 2.52. The molecule has 3 atom stereocenters. The third kappa shape index (κ3) is 2.89. The fraction of sp³-hybridized carbons (Fsp3) is 0.786. The van der Waals surface area contributed by atoms with Crippen LogP contribution in [0.5, 0.6) is 0 Å². The van der Waals surface area contributed by atoms with Crippen molar-refractivity contribution in [3.63, 3.8) is 0 Å². The number of carbonyl (C=O) groups is 1. The number of esters is 1. The molecular formula is C14H25NO2. The molecule has 3 nitrogen and oxygen atoms in total. The molecule has 0 amide bonds. The van der Waals surface area contributed by atoms with Gasteiger partial charge in [0.25, 0.3) is 0 Å². The van der Waals surface area contributed by atoms with Crippen molar-refractivity contribution in [1.82, 2.24) is 5.32 Å². The first-order chi connectivity index (χ1) is 8.08. The second-order valence-electron chi connectivity index (χ2n) is 5.02. The van der Waals surface area contributed by atoms with Gasteiger partial charge in [0.05, 0.1) is 6.61 Å². The largest absolute Gasteiger partial charge is 0.465 e. The van der Waals surface area contributed by atoms with Crippen LogP contribution in [-0.4, -0.2) is 24.7 Å². The smallest absolute Gasteiger partial charge is 0.326 e. The molecule has 1 aliphatic rings. The molecule has 0 aromatic rings. The van der Waals surface area contributed by atoms with Crippen molar-refractivity contribution in [2.24, 2.45) is 11.8 Å². The Bertz CT molecular complexity index is 277. The molecule has 17 heavy (non-hydrogen) atoms. The van der Waals surface area contributed by atoms with Gasteiger partial charge in [-0.25, -0.2) is 0 Å². The van der Waals surface area contributed by atoms with Gasteiger partial charge in [0.15, 0.2) is 0 Å². The summed E-state index contributed by atoms with van der Waals surface area (Å²) in [5.41, 5.74) is -0.512. The van der Waals surface area contributed by atoms with Crippen LogP contribution in [0.4, 0.5) is 0 Å². The highest BCUT2D eigenvalue weighted by Crippen LogP contribution is 2.38. The minimum atomic E-state index is -0.512. The average molecular weight is 239 g/mol. The van der Waals surface area contributed by atoms with Crippen molar-refractivity contribution in [3.05, 3.63) is 12.7 Å². The summed E-state index contributed by atoms with van der Waals surface area (Å²) in [5.74, 6) is 0.752. The quantitative estimate of drug-likeness (QED) is 0.592. The van der Waals surface area contributed by atoms with Crippen LogP contribution >= 0.6 is 0 Å². The van der Waals surface area contributed by atoms with Crippen LogP contribution in [-0.2, 0) is 9.53 Å². The second-order valence-corrected chi connectivity index (χ2v) is 5.02. The molecule has 3 heteroatoms. The van der Waals surface area contributed by atoms with E-state index in [4.69, 9.17) is 4.74 Å². The number of ether oxygens (including phenoxy) is 1. The van der Waals surface area contributed by atoms with E-state index in [9.17, 15) is 4.79 Å². The molecule has 0 spiro atoms. The van der Waals surface area contributed by atoms with Gasteiger partial charge in [0.2, 0.25) is 0 Å². The van der Waals surface area contributed by atoms with Gasteiger partial charge in [-0.3, -0.25) is 10.1 Å². The molecule has 1 fully saturated rings. The van der Waals surface area contributed by atoms with Gasteiger partial charge in [0.1, 0.15) is 5.54 Å². The highest BCUT2D eigenvalue weighted by molar-refractivity contribution is 5.81. The molecule has 98 valence electrons. The lowest BCUT2D eigenvalue weighted by molar-refractivity contribution is -0.156. The molecule has 0 aromatic carbocycles. The molecule has 1 aliphatic carbocycles. The van der Waals surface area contributed by atoms with Crippen LogP contribution in [0, 0.1) is 11.8 Å². The van der Waals surface area contributed by atoms with Crippen LogP contribution < -0.4 is 5.32 Å². The zero-order chi connectivity index (χ0) is 12.9. The maximum atomic E-state index is 12.3. The Balaban J connectivity index is 2.90. The van der Waals surface area contributed by atoms with E-state index in [1.165, 1.54) is 6.42 Å². The topological polar surface area (TPSA) is 38.3 Å². The van der Waals surface area contributed by atoms with Crippen molar-refractivity contribution in [3.8, 4) is 0 Å².